The van der Waals surface area contributed by atoms with Crippen LogP contribution in [0, 0.1) is 0 Å². The summed E-state index contributed by atoms with van der Waals surface area (Å²) in [5.74, 6) is -0.879. The van der Waals surface area contributed by atoms with Gasteiger partial charge in [0.15, 0.2) is 11.9 Å². The molecule has 0 spiro atoms. The minimum atomic E-state index is -1.29. The number of carbonyl (C=O) groups excluding carboxylic acids is 1. The fourth-order valence-electron chi connectivity index (χ4n) is 1.87. The van der Waals surface area contributed by atoms with Crippen molar-refractivity contribution in [1.29, 1.82) is 0 Å². The van der Waals surface area contributed by atoms with Crippen molar-refractivity contribution in [3.05, 3.63) is 12.0 Å². The van der Waals surface area contributed by atoms with Gasteiger partial charge in [0.2, 0.25) is 0 Å². The second kappa shape index (κ2) is 4.53. The van der Waals surface area contributed by atoms with E-state index in [1.54, 1.807) is 0 Å². The van der Waals surface area contributed by atoms with E-state index < -0.39 is 37.1 Å². The minimum Gasteiger partial charge on any atom is -0.394 e. The van der Waals surface area contributed by atoms with Crippen LogP contribution in [0.4, 0.5) is 5.82 Å². The number of anilines is 1. The molecule has 1 fully saturated rings. The molecule has 0 saturated carbocycles. The molecule has 9 heteroatoms. The predicted molar refractivity (Wildman–Crippen MR) is 58.2 cm³/mol. The summed E-state index contributed by atoms with van der Waals surface area (Å²) < 4.78 is 6.42. The topological polar surface area (TPSA) is 157 Å². The molecule has 4 atom stereocenters. The Hall–Kier alpha value is -1.68. The summed E-state index contributed by atoms with van der Waals surface area (Å²) in [6.07, 6.45) is -3.32. The van der Waals surface area contributed by atoms with Gasteiger partial charge in [-0.15, -0.1) is 0 Å². The Labute approximate surface area is 102 Å². The van der Waals surface area contributed by atoms with Crippen LogP contribution in [-0.2, 0) is 4.74 Å². The molecule has 0 aliphatic carbocycles. The van der Waals surface area contributed by atoms with Crippen LogP contribution in [0.3, 0.4) is 0 Å². The molecule has 1 aromatic heterocycles. The van der Waals surface area contributed by atoms with Gasteiger partial charge in [-0.25, -0.2) is 4.98 Å². The number of nitrogens with two attached hydrogens (primary N) is 2. The number of amides is 1. The maximum Gasteiger partial charge on any atom is 0.271 e. The molecule has 2 heterocycles. The maximum atomic E-state index is 11.0. The molecule has 18 heavy (non-hydrogen) atoms. The molecule has 100 valence electrons. The van der Waals surface area contributed by atoms with E-state index in [9.17, 15) is 15.0 Å². The summed E-state index contributed by atoms with van der Waals surface area (Å²) in [6.45, 7) is -0.452. The molecule has 0 radical (unpaired) electrons. The monoisotopic (exact) mass is 258 g/mol. The largest absolute Gasteiger partial charge is 0.394 e. The second-order valence-electron chi connectivity index (χ2n) is 3.98. The van der Waals surface area contributed by atoms with Crippen molar-refractivity contribution < 1.29 is 24.9 Å². The number of carbonyl (C=O) groups is 1. The van der Waals surface area contributed by atoms with Gasteiger partial charge in [0, 0.05) is 0 Å². The zero-order valence-electron chi connectivity index (χ0n) is 9.30. The van der Waals surface area contributed by atoms with Gasteiger partial charge in [-0.05, 0) is 0 Å². The lowest BCUT2D eigenvalue weighted by molar-refractivity contribution is -0.0518. The first-order valence-electron chi connectivity index (χ1n) is 5.22. The van der Waals surface area contributed by atoms with E-state index in [2.05, 4.69) is 4.98 Å². The molecule has 1 amide bonds. The van der Waals surface area contributed by atoms with Crippen molar-refractivity contribution in [3.8, 4) is 0 Å². The highest BCUT2D eigenvalue weighted by atomic mass is 16.6. The summed E-state index contributed by atoms with van der Waals surface area (Å²) in [7, 11) is 0. The van der Waals surface area contributed by atoms with Crippen LogP contribution in [0.1, 0.15) is 16.7 Å². The Balaban J connectivity index is 2.30. The number of nitrogen functional groups attached to an aromatic ring is 1. The minimum absolute atomic E-state index is 0.0719. The number of ether oxygens (including phenoxy) is 1. The summed E-state index contributed by atoms with van der Waals surface area (Å²) in [4.78, 5) is 14.7. The summed E-state index contributed by atoms with van der Waals surface area (Å²) in [5, 5.41) is 28.3. The lowest BCUT2D eigenvalue weighted by Gasteiger charge is -2.17. The number of hydrogen-bond donors (Lipinski definition) is 5. The lowest BCUT2D eigenvalue weighted by atomic mass is 10.1. The van der Waals surface area contributed by atoms with E-state index in [0.29, 0.717) is 0 Å². The van der Waals surface area contributed by atoms with Crippen molar-refractivity contribution >= 4 is 11.7 Å². The first-order valence-corrected chi connectivity index (χ1v) is 5.22. The third-order valence-corrected chi connectivity index (χ3v) is 2.86. The molecule has 1 saturated heterocycles. The molecule has 7 N–H and O–H groups in total. The molecule has 2 rings (SSSR count). The first-order chi connectivity index (χ1) is 8.47. The molecule has 1 aromatic rings. The smallest absolute Gasteiger partial charge is 0.271 e. The van der Waals surface area contributed by atoms with E-state index in [0.717, 1.165) is 0 Å². The molecule has 0 bridgehead atoms. The van der Waals surface area contributed by atoms with Crippen LogP contribution in [0.5, 0.6) is 0 Å². The van der Waals surface area contributed by atoms with Crippen molar-refractivity contribution in [2.75, 3.05) is 12.3 Å². The molecule has 1 aliphatic rings. The van der Waals surface area contributed by atoms with Crippen LogP contribution in [0.25, 0.3) is 0 Å². The van der Waals surface area contributed by atoms with Crippen molar-refractivity contribution in [1.82, 2.24) is 9.55 Å². The average Bonchev–Trinajstić information content (AvgIpc) is 2.82. The second-order valence-corrected chi connectivity index (χ2v) is 3.98. The SMILES string of the molecule is NC(=O)c1ncn(C2O[C@H](CO)[C@@H](O)[C@H]2O)c1N. The number of aliphatic hydroxyl groups is 3. The molecule has 9 nitrogen and oxygen atoms in total. The Morgan fingerprint density at radius 3 is 2.61 bits per heavy atom. The Morgan fingerprint density at radius 1 is 1.50 bits per heavy atom. The quantitative estimate of drug-likeness (QED) is 0.391. The number of aliphatic hydroxyl groups excluding tert-OH is 3. The number of aromatic nitrogens is 2. The van der Waals surface area contributed by atoms with Gasteiger partial charge in [-0.1, -0.05) is 0 Å². The number of imidazole rings is 1. The van der Waals surface area contributed by atoms with Crippen LogP contribution >= 0.6 is 0 Å². The molecular formula is C9H14N4O5. The van der Waals surface area contributed by atoms with Crippen LogP contribution in [-0.4, -0.2) is 55.7 Å². The molecule has 1 aliphatic heterocycles. The van der Waals surface area contributed by atoms with Gasteiger partial charge in [0.05, 0.1) is 12.9 Å². The maximum absolute atomic E-state index is 11.0. The Kier molecular flexibility index (Phi) is 3.22. The zero-order valence-corrected chi connectivity index (χ0v) is 9.30. The van der Waals surface area contributed by atoms with Crippen LogP contribution in [0.15, 0.2) is 6.33 Å². The van der Waals surface area contributed by atoms with Gasteiger partial charge in [0.1, 0.15) is 24.1 Å². The van der Waals surface area contributed by atoms with E-state index in [-0.39, 0.29) is 11.5 Å². The summed E-state index contributed by atoms with van der Waals surface area (Å²) >= 11 is 0. The van der Waals surface area contributed by atoms with Crippen molar-refractivity contribution in [3.63, 3.8) is 0 Å². The van der Waals surface area contributed by atoms with Gasteiger partial charge in [0.25, 0.3) is 5.91 Å². The van der Waals surface area contributed by atoms with Gasteiger partial charge < -0.3 is 31.5 Å². The standard InChI is InChI=1S/C9H14N4O5/c10-7-4(8(11)17)12-2-13(7)9-6(16)5(15)3(1-14)18-9/h2-3,5-6,9,14-16H,1,10H2,(H2,11,17)/t3-,5-,6-,9?/m1/s1. The van der Waals surface area contributed by atoms with E-state index in [1.165, 1.54) is 10.9 Å². The molecular weight excluding hydrogens is 244 g/mol. The number of nitrogens with zero attached hydrogens (tertiary/aromatic N) is 2. The fourth-order valence-corrected chi connectivity index (χ4v) is 1.87. The summed E-state index contributed by atoms with van der Waals surface area (Å²) in [6, 6.07) is 0. The fraction of sp³-hybridized carbons (Fsp3) is 0.556. The number of primary amides is 1. The Morgan fingerprint density at radius 2 is 2.17 bits per heavy atom. The average molecular weight is 258 g/mol. The lowest BCUT2D eigenvalue weighted by Crippen LogP contribution is -2.33. The van der Waals surface area contributed by atoms with Crippen molar-refractivity contribution in [2.45, 2.75) is 24.5 Å². The van der Waals surface area contributed by atoms with E-state index >= 15 is 0 Å². The predicted octanol–water partition coefficient (Wildman–Crippen LogP) is -2.82. The van der Waals surface area contributed by atoms with Gasteiger partial charge in [-0.3, -0.25) is 9.36 Å². The molecule has 1 unspecified atom stereocenters. The Bertz CT molecular complexity index is 462. The third kappa shape index (κ3) is 1.82. The third-order valence-electron chi connectivity index (χ3n) is 2.86. The normalized spacial score (nSPS) is 31.7. The zero-order chi connectivity index (χ0) is 13.4. The number of rotatable bonds is 3. The number of hydrogen-bond acceptors (Lipinski definition) is 7. The van der Waals surface area contributed by atoms with E-state index in [1.807, 2.05) is 0 Å². The highest BCUT2D eigenvalue weighted by Crippen LogP contribution is 2.31. The van der Waals surface area contributed by atoms with Crippen molar-refractivity contribution in [2.24, 2.45) is 5.73 Å². The highest BCUT2D eigenvalue weighted by Gasteiger charge is 2.44. The highest BCUT2D eigenvalue weighted by molar-refractivity contribution is 5.95. The first kappa shape index (κ1) is 12.8. The van der Waals surface area contributed by atoms with Gasteiger partial charge >= 0.3 is 0 Å². The van der Waals surface area contributed by atoms with Crippen LogP contribution < -0.4 is 11.5 Å². The van der Waals surface area contributed by atoms with Gasteiger partial charge in [-0.2, -0.15) is 0 Å². The van der Waals surface area contributed by atoms with E-state index in [4.69, 9.17) is 21.3 Å². The van der Waals surface area contributed by atoms with Crippen LogP contribution in [0.2, 0.25) is 0 Å². The molecule has 0 aromatic carbocycles. The summed E-state index contributed by atoms with van der Waals surface area (Å²) in [5.41, 5.74) is 10.6.